The first-order valence-electron chi connectivity index (χ1n) is 31.7. The number of aromatic nitrogens is 12. The Balaban J connectivity index is 0.000000124. The first-order valence-corrected chi connectivity index (χ1v) is 35.9. The standard InChI is InChI=1S/3C26H18N4O3S.Gd/c3*31-34(32,33)26-24-15-22-11-9-20(29-22)13-18-7-6-17(27-18)12-19-8-10-21(28-19)14-23(30-24)25(26)16-4-2-1-3-5-16;/h3*1-15,27,30H,(H,31,32,33);/q;;;+3/p-3. The number of benzene rings is 3. The fourth-order valence-corrected chi connectivity index (χ4v) is 15.2. The van der Waals surface area contributed by atoms with Crippen molar-refractivity contribution in [3.05, 3.63) is 269 Å². The molecule has 9 aromatic heterocycles. The number of nitrogens with one attached hydrogen (secondary N) is 6. The third kappa shape index (κ3) is 14.7. The first-order chi connectivity index (χ1) is 49.3. The second-order valence-electron chi connectivity index (χ2n) is 24.0. The van der Waals surface area contributed by atoms with Gasteiger partial charge in [0, 0.05) is 66.3 Å². The van der Waals surface area contributed by atoms with Crippen LogP contribution >= 0.6 is 0 Å². The number of rotatable bonds is 6. The monoisotopic (exact) mass is 1550 g/mol. The van der Waals surface area contributed by atoms with Gasteiger partial charge in [-0.25, -0.2) is 55.2 Å². The zero-order valence-electron chi connectivity index (χ0n) is 53.4. The van der Waals surface area contributed by atoms with Gasteiger partial charge in [0.1, 0.15) is 30.4 Å². The maximum Gasteiger partial charge on any atom is 3.00 e. The van der Waals surface area contributed by atoms with Crippen LogP contribution in [0.1, 0.15) is 68.3 Å². The molecule has 6 aliphatic rings. The van der Waals surface area contributed by atoms with E-state index in [2.05, 4.69) is 59.8 Å². The van der Waals surface area contributed by atoms with Gasteiger partial charge in [-0.1, -0.05) is 91.0 Å². The summed E-state index contributed by atoms with van der Waals surface area (Å²) in [6, 6.07) is 60.1. The molecule has 0 saturated heterocycles. The molecule has 24 bridgehead atoms. The maximum absolute atomic E-state index is 12.5. The molecule has 18 rings (SSSR count). The SMILES string of the molecule is O=S(=O)([O-])c1c(-c2ccccc2)c2cc3nc(cc4ccc(cc5nc(cc1[nH]2)C=C5)[nH]4)C=C3.O=S(=O)([O-])c1c(-c2ccccc2)c2cc3nc(cc4ccc(cc5nc(cc1[nH]2)C=C5)[nH]4)C=C3.O=S(=O)([O-])c1c(-c2ccccc2)c2cc3nc(cc4ccc(cc5nc(cc1[nH]2)C=C5)[nH]4)C=C3.[Gd+3]. The summed E-state index contributed by atoms with van der Waals surface area (Å²) in [4.78, 5) is 46.0. The van der Waals surface area contributed by atoms with Gasteiger partial charge in [-0.15, -0.1) is 0 Å². The Morgan fingerprint density at radius 2 is 0.398 bits per heavy atom. The van der Waals surface area contributed by atoms with Crippen LogP contribution in [0, 0.1) is 39.9 Å². The van der Waals surface area contributed by atoms with Crippen LogP contribution in [-0.4, -0.2) is 98.7 Å². The number of fused-ring (bicyclic) bond motifs is 24. The van der Waals surface area contributed by atoms with Crippen LogP contribution in [0.5, 0.6) is 0 Å². The molecular weight excluding hydrogens is 1500 g/mol. The molecule has 0 unspecified atom stereocenters. The van der Waals surface area contributed by atoms with E-state index in [4.69, 9.17) is 0 Å². The number of H-pyrrole nitrogens is 6. The van der Waals surface area contributed by atoms with Gasteiger partial charge in [0.2, 0.25) is 0 Å². The van der Waals surface area contributed by atoms with Gasteiger partial charge in [-0.3, -0.25) is 0 Å². The van der Waals surface area contributed by atoms with Crippen LogP contribution in [0.2, 0.25) is 0 Å². The molecule has 12 aromatic rings. The molecule has 21 nitrogen and oxygen atoms in total. The fraction of sp³-hybridized carbons (Fsp3) is 0. The normalized spacial score (nSPS) is 12.7. The molecule has 0 fully saturated rings. The van der Waals surface area contributed by atoms with E-state index in [1.165, 1.54) is 0 Å². The van der Waals surface area contributed by atoms with Crippen molar-refractivity contribution >= 4 is 169 Å². The summed E-state index contributed by atoms with van der Waals surface area (Å²) in [5.74, 6) is 0. The summed E-state index contributed by atoms with van der Waals surface area (Å²) in [7, 11) is -14.5. The number of nitrogens with zero attached hydrogens (tertiary/aromatic N) is 6. The molecule has 103 heavy (non-hydrogen) atoms. The summed E-state index contributed by atoms with van der Waals surface area (Å²) < 4.78 is 112. The molecule has 503 valence electrons. The van der Waals surface area contributed by atoms with E-state index in [0.29, 0.717) is 101 Å². The minimum absolute atomic E-state index is 0. The number of hydrogen-bond donors (Lipinski definition) is 6. The Labute approximate surface area is 619 Å². The van der Waals surface area contributed by atoms with Crippen molar-refractivity contribution in [1.82, 2.24) is 59.8 Å². The van der Waals surface area contributed by atoms with Gasteiger partial charge >= 0.3 is 39.9 Å². The summed E-state index contributed by atoms with van der Waals surface area (Å²) in [5, 5.41) is 0. The van der Waals surface area contributed by atoms with Gasteiger partial charge in [0.15, 0.2) is 0 Å². The predicted molar refractivity (Wildman–Crippen MR) is 397 cm³/mol. The van der Waals surface area contributed by atoms with Crippen LogP contribution in [0.15, 0.2) is 215 Å². The van der Waals surface area contributed by atoms with E-state index in [9.17, 15) is 38.9 Å². The largest absolute Gasteiger partial charge is 3.00 e. The van der Waals surface area contributed by atoms with Crippen molar-refractivity contribution in [2.45, 2.75) is 14.7 Å². The van der Waals surface area contributed by atoms with Crippen LogP contribution in [-0.2, 0) is 30.4 Å². The van der Waals surface area contributed by atoms with Crippen LogP contribution in [0.3, 0.4) is 0 Å². The summed E-state index contributed by atoms with van der Waals surface area (Å²) in [5.41, 5.74) is 17.9. The topological polar surface area (TPSA) is 344 Å². The third-order valence-corrected chi connectivity index (χ3v) is 19.6. The Morgan fingerprint density at radius 1 is 0.223 bits per heavy atom. The molecule has 3 aromatic carbocycles. The minimum atomic E-state index is -4.82. The summed E-state index contributed by atoms with van der Waals surface area (Å²) in [6.45, 7) is 0. The van der Waals surface area contributed by atoms with Crippen LogP contribution < -0.4 is 0 Å². The summed E-state index contributed by atoms with van der Waals surface area (Å²) in [6.07, 6.45) is 22.0. The van der Waals surface area contributed by atoms with Crippen molar-refractivity contribution in [2.24, 2.45) is 0 Å². The second-order valence-corrected chi connectivity index (χ2v) is 28.0. The van der Waals surface area contributed by atoms with Crippen LogP contribution in [0.4, 0.5) is 0 Å². The summed E-state index contributed by atoms with van der Waals surface area (Å²) >= 11 is 0. The van der Waals surface area contributed by atoms with Crippen molar-refractivity contribution in [3.63, 3.8) is 0 Å². The van der Waals surface area contributed by atoms with Crippen molar-refractivity contribution < 1.29 is 78.9 Å². The average molecular weight is 1550 g/mol. The first kappa shape index (κ1) is 67.3. The molecule has 1 radical (unpaired) electrons. The van der Waals surface area contributed by atoms with E-state index in [-0.39, 0.29) is 71.2 Å². The third-order valence-electron chi connectivity index (χ3n) is 16.8. The predicted octanol–water partition coefficient (Wildman–Crippen LogP) is 15.7. The molecule has 0 aliphatic carbocycles. The molecule has 0 spiro atoms. The van der Waals surface area contributed by atoms with Gasteiger partial charge in [-0.05, 0) is 199 Å². The van der Waals surface area contributed by atoms with Gasteiger partial charge < -0.3 is 43.6 Å². The number of hydrogen-bond acceptors (Lipinski definition) is 15. The van der Waals surface area contributed by atoms with E-state index < -0.39 is 30.4 Å². The van der Waals surface area contributed by atoms with Crippen LogP contribution in [0.25, 0.3) is 172 Å². The Hall–Kier alpha value is -11.5. The maximum atomic E-state index is 12.5. The van der Waals surface area contributed by atoms with Crippen molar-refractivity contribution in [3.8, 4) is 33.4 Å². The van der Waals surface area contributed by atoms with E-state index in [1.54, 1.807) is 127 Å². The quantitative estimate of drug-likeness (QED) is 0.0843. The Kier molecular flexibility index (Phi) is 18.0. The molecule has 25 heteroatoms. The fourth-order valence-electron chi connectivity index (χ4n) is 12.6. The zero-order valence-corrected chi connectivity index (χ0v) is 58.1. The zero-order chi connectivity index (χ0) is 69.9. The van der Waals surface area contributed by atoms with Crippen molar-refractivity contribution in [2.75, 3.05) is 0 Å². The van der Waals surface area contributed by atoms with E-state index in [0.717, 1.165) is 50.2 Å². The molecular formula is C78H51GdN12O9S3. The Morgan fingerprint density at radius 3 is 0.583 bits per heavy atom. The average Bonchev–Trinajstić information content (AvgIpc) is 1.63. The van der Waals surface area contributed by atoms with Gasteiger partial charge in [0.25, 0.3) is 0 Å². The van der Waals surface area contributed by atoms with Gasteiger partial charge in [0.05, 0.1) is 99.6 Å². The number of aromatic amines is 6. The molecule has 0 amide bonds. The van der Waals surface area contributed by atoms with E-state index >= 15 is 0 Å². The second kappa shape index (κ2) is 27.5. The van der Waals surface area contributed by atoms with Crippen molar-refractivity contribution in [1.29, 1.82) is 0 Å². The Bertz CT molecular complexity index is 5980. The van der Waals surface area contributed by atoms with Gasteiger partial charge in [-0.2, -0.15) is 0 Å². The molecule has 15 heterocycles. The molecule has 6 aliphatic heterocycles. The minimum Gasteiger partial charge on any atom is -0.744 e. The smallest absolute Gasteiger partial charge is 0.744 e. The molecule has 6 N–H and O–H groups in total. The molecule has 0 saturated carbocycles. The van der Waals surface area contributed by atoms with E-state index in [1.807, 2.05) is 146 Å². The molecule has 0 atom stereocenters.